The zero-order valence-electron chi connectivity index (χ0n) is 21.3. The summed E-state index contributed by atoms with van der Waals surface area (Å²) in [7, 11) is -4.10. The zero-order valence-corrected chi connectivity index (χ0v) is 22.1. The zero-order chi connectivity index (χ0) is 27.7. The van der Waals surface area contributed by atoms with Crippen LogP contribution in [0.25, 0.3) is 0 Å². The van der Waals surface area contributed by atoms with Crippen molar-refractivity contribution in [3.63, 3.8) is 0 Å². The van der Waals surface area contributed by atoms with Crippen molar-refractivity contribution in [2.75, 3.05) is 23.7 Å². The first-order chi connectivity index (χ1) is 18.1. The SMILES string of the molecule is CCCNC(=O)[C@@H](Cc1ccccc1)N(Cc1ccccc1F)C(=O)CN(c1ccccc1F)S(C)(=O)=O. The van der Waals surface area contributed by atoms with Crippen molar-refractivity contribution in [2.45, 2.75) is 32.4 Å². The van der Waals surface area contributed by atoms with E-state index in [2.05, 4.69) is 5.32 Å². The molecule has 10 heteroatoms. The van der Waals surface area contributed by atoms with Crippen LogP contribution in [-0.2, 0) is 32.6 Å². The molecule has 1 N–H and O–H groups in total. The maximum atomic E-state index is 14.7. The van der Waals surface area contributed by atoms with E-state index < -0.39 is 46.1 Å². The third-order valence-corrected chi connectivity index (χ3v) is 7.05. The summed E-state index contributed by atoms with van der Waals surface area (Å²) in [5.41, 5.74) is 0.604. The van der Waals surface area contributed by atoms with Gasteiger partial charge in [0.05, 0.1) is 11.9 Å². The average molecular weight is 544 g/mol. The minimum Gasteiger partial charge on any atom is -0.354 e. The fourth-order valence-corrected chi connectivity index (χ4v) is 4.83. The second kappa shape index (κ2) is 13.1. The fourth-order valence-electron chi connectivity index (χ4n) is 3.98. The summed E-state index contributed by atoms with van der Waals surface area (Å²) in [5, 5.41) is 2.79. The van der Waals surface area contributed by atoms with Crippen molar-refractivity contribution in [1.29, 1.82) is 0 Å². The molecule has 1 atom stereocenters. The molecule has 0 aromatic heterocycles. The maximum Gasteiger partial charge on any atom is 0.244 e. The van der Waals surface area contributed by atoms with Gasteiger partial charge in [-0.3, -0.25) is 13.9 Å². The molecule has 0 aliphatic rings. The van der Waals surface area contributed by atoms with Crippen LogP contribution in [0.2, 0.25) is 0 Å². The number of anilines is 1. The molecule has 0 bridgehead atoms. The third-order valence-electron chi connectivity index (χ3n) is 5.92. The third kappa shape index (κ3) is 7.61. The fraction of sp³-hybridized carbons (Fsp3) is 0.286. The van der Waals surface area contributed by atoms with Gasteiger partial charge in [-0.25, -0.2) is 17.2 Å². The van der Waals surface area contributed by atoms with Gasteiger partial charge in [0.1, 0.15) is 24.2 Å². The van der Waals surface area contributed by atoms with Gasteiger partial charge in [0.2, 0.25) is 21.8 Å². The largest absolute Gasteiger partial charge is 0.354 e. The first-order valence-corrected chi connectivity index (χ1v) is 14.0. The Bertz CT molecular complexity index is 1350. The summed E-state index contributed by atoms with van der Waals surface area (Å²) in [4.78, 5) is 28.3. The Morgan fingerprint density at radius 1 is 0.895 bits per heavy atom. The van der Waals surface area contributed by atoms with E-state index in [0.717, 1.165) is 22.8 Å². The lowest BCUT2D eigenvalue weighted by Crippen LogP contribution is -2.53. The number of carbonyl (C=O) groups is 2. The summed E-state index contributed by atoms with van der Waals surface area (Å²) in [5.74, 6) is -2.65. The van der Waals surface area contributed by atoms with E-state index in [1.54, 1.807) is 30.3 Å². The lowest BCUT2D eigenvalue weighted by atomic mass is 10.0. The van der Waals surface area contributed by atoms with Crippen molar-refractivity contribution in [3.05, 3.63) is 102 Å². The number of amides is 2. The molecule has 0 saturated carbocycles. The summed E-state index contributed by atoms with van der Waals surface area (Å²) < 4.78 is 55.2. The Kier molecular flexibility index (Phi) is 9.95. The van der Waals surface area contributed by atoms with E-state index in [1.165, 1.54) is 36.4 Å². The molecule has 3 aromatic rings. The summed E-state index contributed by atoms with van der Waals surface area (Å²) in [6.07, 6.45) is 1.62. The second-order valence-corrected chi connectivity index (χ2v) is 10.7. The molecule has 0 saturated heterocycles. The highest BCUT2D eigenvalue weighted by Crippen LogP contribution is 2.23. The van der Waals surface area contributed by atoms with E-state index in [-0.39, 0.29) is 24.2 Å². The number of nitrogens with one attached hydrogen (secondary N) is 1. The molecule has 202 valence electrons. The van der Waals surface area contributed by atoms with Gasteiger partial charge in [0, 0.05) is 25.1 Å². The van der Waals surface area contributed by atoms with Crippen LogP contribution >= 0.6 is 0 Å². The van der Waals surface area contributed by atoms with Gasteiger partial charge in [-0.15, -0.1) is 0 Å². The van der Waals surface area contributed by atoms with Crippen molar-refractivity contribution in [2.24, 2.45) is 0 Å². The van der Waals surface area contributed by atoms with E-state index in [4.69, 9.17) is 0 Å². The van der Waals surface area contributed by atoms with Crippen molar-refractivity contribution < 1.29 is 26.8 Å². The number of hydrogen-bond acceptors (Lipinski definition) is 4. The van der Waals surface area contributed by atoms with Gasteiger partial charge >= 0.3 is 0 Å². The predicted molar refractivity (Wildman–Crippen MR) is 143 cm³/mol. The summed E-state index contributed by atoms with van der Waals surface area (Å²) in [6, 6.07) is 19.0. The molecule has 3 rings (SSSR count). The summed E-state index contributed by atoms with van der Waals surface area (Å²) in [6.45, 7) is 1.17. The average Bonchev–Trinajstić information content (AvgIpc) is 2.89. The number of carbonyl (C=O) groups excluding carboxylic acids is 2. The Morgan fingerprint density at radius 3 is 2.11 bits per heavy atom. The molecule has 0 unspecified atom stereocenters. The van der Waals surface area contributed by atoms with Crippen molar-refractivity contribution in [3.8, 4) is 0 Å². The highest BCUT2D eigenvalue weighted by molar-refractivity contribution is 7.92. The molecule has 0 fully saturated rings. The van der Waals surface area contributed by atoms with Gasteiger partial charge in [0.25, 0.3) is 0 Å². The first-order valence-electron chi connectivity index (χ1n) is 12.2. The number of nitrogens with zero attached hydrogens (tertiary/aromatic N) is 2. The van der Waals surface area contributed by atoms with Crippen LogP contribution in [0.1, 0.15) is 24.5 Å². The number of hydrogen-bond donors (Lipinski definition) is 1. The maximum absolute atomic E-state index is 14.7. The molecule has 38 heavy (non-hydrogen) atoms. The number of benzene rings is 3. The van der Waals surface area contributed by atoms with Crippen LogP contribution in [-0.4, -0.2) is 50.5 Å². The van der Waals surface area contributed by atoms with E-state index in [0.29, 0.717) is 17.3 Å². The highest BCUT2D eigenvalue weighted by Gasteiger charge is 2.33. The van der Waals surface area contributed by atoms with Gasteiger partial charge in [0.15, 0.2) is 0 Å². The van der Waals surface area contributed by atoms with Crippen molar-refractivity contribution >= 4 is 27.5 Å². The normalized spacial score (nSPS) is 12.0. The van der Waals surface area contributed by atoms with E-state index >= 15 is 0 Å². The monoisotopic (exact) mass is 543 g/mol. The molecule has 0 aliphatic carbocycles. The Labute approximate surface area is 222 Å². The first kappa shape index (κ1) is 28.8. The Balaban J connectivity index is 2.06. The standard InChI is InChI=1S/C28H31F2N3O4S/c1-3-17-31-28(35)26(18-21-11-5-4-6-12-21)32(19-22-13-7-8-14-23(22)29)27(34)20-33(38(2,36)37)25-16-10-9-15-24(25)30/h4-16,26H,3,17-20H2,1-2H3,(H,31,35)/t26-/m1/s1. The minimum atomic E-state index is -4.10. The number of halogens is 2. The van der Waals surface area contributed by atoms with Crippen LogP contribution in [0.4, 0.5) is 14.5 Å². The van der Waals surface area contributed by atoms with Crippen LogP contribution in [0, 0.1) is 11.6 Å². The minimum absolute atomic E-state index is 0.106. The van der Waals surface area contributed by atoms with Crippen LogP contribution < -0.4 is 9.62 Å². The van der Waals surface area contributed by atoms with E-state index in [9.17, 15) is 26.8 Å². The molecule has 2 amide bonds. The predicted octanol–water partition coefficient (Wildman–Crippen LogP) is 3.90. The smallest absolute Gasteiger partial charge is 0.244 e. The topological polar surface area (TPSA) is 86.8 Å². The number of rotatable bonds is 12. The van der Waals surface area contributed by atoms with Gasteiger partial charge in [-0.1, -0.05) is 67.6 Å². The number of para-hydroxylation sites is 1. The molecule has 3 aromatic carbocycles. The Morgan fingerprint density at radius 2 is 1.50 bits per heavy atom. The number of sulfonamides is 1. The lowest BCUT2D eigenvalue weighted by molar-refractivity contribution is -0.140. The van der Waals surface area contributed by atoms with Crippen LogP contribution in [0.3, 0.4) is 0 Å². The quantitative estimate of drug-likeness (QED) is 0.376. The molecule has 0 heterocycles. The lowest BCUT2D eigenvalue weighted by Gasteiger charge is -2.33. The molecule has 7 nitrogen and oxygen atoms in total. The Hall–Kier alpha value is -3.79. The van der Waals surface area contributed by atoms with Crippen molar-refractivity contribution in [1.82, 2.24) is 10.2 Å². The molecule has 0 spiro atoms. The van der Waals surface area contributed by atoms with Crippen LogP contribution in [0.5, 0.6) is 0 Å². The molecule has 0 aliphatic heterocycles. The van der Waals surface area contributed by atoms with Gasteiger partial charge in [-0.05, 0) is 30.2 Å². The summed E-state index contributed by atoms with van der Waals surface area (Å²) >= 11 is 0. The molecule has 0 radical (unpaired) electrons. The molecular formula is C28H31F2N3O4S. The highest BCUT2D eigenvalue weighted by atomic mass is 32.2. The van der Waals surface area contributed by atoms with Gasteiger partial charge < -0.3 is 10.2 Å². The second-order valence-electron chi connectivity index (χ2n) is 8.83. The van der Waals surface area contributed by atoms with E-state index in [1.807, 2.05) is 13.0 Å². The van der Waals surface area contributed by atoms with Gasteiger partial charge in [-0.2, -0.15) is 0 Å². The molecular weight excluding hydrogens is 512 g/mol. The van der Waals surface area contributed by atoms with Crippen LogP contribution in [0.15, 0.2) is 78.9 Å².